The SMILES string of the molecule is CN(C)Cc1cncc(C2CCCN2C(=O)CCc2ccnn2C)n1. The molecule has 0 saturated carbocycles. The van der Waals surface area contributed by atoms with E-state index >= 15 is 0 Å². The molecule has 1 fully saturated rings. The van der Waals surface area contributed by atoms with Gasteiger partial charge in [-0.05, 0) is 39.4 Å². The lowest BCUT2D eigenvalue weighted by Gasteiger charge is -2.24. The van der Waals surface area contributed by atoms with Crippen molar-refractivity contribution in [2.45, 2.75) is 38.3 Å². The Balaban J connectivity index is 1.67. The zero-order valence-corrected chi connectivity index (χ0v) is 15.2. The van der Waals surface area contributed by atoms with Gasteiger partial charge >= 0.3 is 0 Å². The Labute approximate surface area is 148 Å². The Morgan fingerprint density at radius 2 is 2.20 bits per heavy atom. The fourth-order valence-electron chi connectivity index (χ4n) is 3.38. The molecule has 1 amide bonds. The van der Waals surface area contributed by atoms with Crippen molar-refractivity contribution < 1.29 is 4.79 Å². The third-order valence-corrected chi connectivity index (χ3v) is 4.61. The second-order valence-electron chi connectivity index (χ2n) is 6.86. The summed E-state index contributed by atoms with van der Waals surface area (Å²) in [7, 11) is 5.93. The molecule has 0 aliphatic carbocycles. The molecule has 3 heterocycles. The fourth-order valence-corrected chi connectivity index (χ4v) is 3.38. The summed E-state index contributed by atoms with van der Waals surface area (Å²) in [6, 6.07) is 2.01. The van der Waals surface area contributed by atoms with E-state index in [1.807, 2.05) is 36.8 Å². The second kappa shape index (κ2) is 7.74. The highest BCUT2D eigenvalue weighted by atomic mass is 16.2. The molecule has 2 aromatic heterocycles. The number of carbonyl (C=O) groups excluding carboxylic acids is 1. The van der Waals surface area contributed by atoms with Gasteiger partial charge < -0.3 is 9.80 Å². The summed E-state index contributed by atoms with van der Waals surface area (Å²) in [5.74, 6) is 0.184. The highest BCUT2D eigenvalue weighted by molar-refractivity contribution is 5.77. The molecule has 0 aromatic carbocycles. The molecule has 1 atom stereocenters. The first kappa shape index (κ1) is 17.5. The van der Waals surface area contributed by atoms with Gasteiger partial charge in [0.05, 0.1) is 23.6 Å². The molecule has 1 unspecified atom stereocenters. The molecule has 0 N–H and O–H groups in total. The minimum Gasteiger partial charge on any atom is -0.334 e. The van der Waals surface area contributed by atoms with Gasteiger partial charge in [-0.3, -0.25) is 19.4 Å². The molecule has 7 nitrogen and oxygen atoms in total. The lowest BCUT2D eigenvalue weighted by molar-refractivity contribution is -0.132. The normalized spacial score (nSPS) is 17.4. The van der Waals surface area contributed by atoms with Gasteiger partial charge in [-0.1, -0.05) is 0 Å². The zero-order valence-electron chi connectivity index (χ0n) is 15.2. The van der Waals surface area contributed by atoms with E-state index in [4.69, 9.17) is 4.98 Å². The fraction of sp³-hybridized carbons (Fsp3) is 0.556. The van der Waals surface area contributed by atoms with Gasteiger partial charge in [0, 0.05) is 44.6 Å². The van der Waals surface area contributed by atoms with Crippen molar-refractivity contribution in [3.63, 3.8) is 0 Å². The molecular weight excluding hydrogens is 316 g/mol. The minimum absolute atomic E-state index is 0.0497. The van der Waals surface area contributed by atoms with Gasteiger partial charge in [0.2, 0.25) is 5.91 Å². The topological polar surface area (TPSA) is 67.2 Å². The van der Waals surface area contributed by atoms with Crippen LogP contribution in [0.1, 0.15) is 42.4 Å². The highest BCUT2D eigenvalue weighted by Crippen LogP contribution is 2.31. The smallest absolute Gasteiger partial charge is 0.223 e. The van der Waals surface area contributed by atoms with Crippen LogP contribution >= 0.6 is 0 Å². The van der Waals surface area contributed by atoms with E-state index in [1.54, 1.807) is 18.6 Å². The molecule has 1 saturated heterocycles. The first-order chi connectivity index (χ1) is 12.0. The number of rotatable bonds is 6. The van der Waals surface area contributed by atoms with Crippen LogP contribution in [0.5, 0.6) is 0 Å². The third-order valence-electron chi connectivity index (χ3n) is 4.61. The second-order valence-corrected chi connectivity index (χ2v) is 6.86. The zero-order chi connectivity index (χ0) is 17.8. The summed E-state index contributed by atoms with van der Waals surface area (Å²) in [5, 5.41) is 4.16. The Kier molecular flexibility index (Phi) is 5.43. The molecule has 2 aromatic rings. The van der Waals surface area contributed by atoms with E-state index in [1.165, 1.54) is 0 Å². The molecule has 7 heteroatoms. The number of nitrogens with zero attached hydrogens (tertiary/aromatic N) is 6. The van der Waals surface area contributed by atoms with E-state index in [2.05, 4.69) is 15.0 Å². The van der Waals surface area contributed by atoms with Crippen LogP contribution in [0.15, 0.2) is 24.7 Å². The van der Waals surface area contributed by atoms with E-state index < -0.39 is 0 Å². The van der Waals surface area contributed by atoms with Crippen LogP contribution in [-0.4, -0.2) is 56.1 Å². The van der Waals surface area contributed by atoms with E-state index in [0.29, 0.717) is 12.8 Å². The van der Waals surface area contributed by atoms with E-state index in [9.17, 15) is 4.79 Å². The molecule has 1 aliphatic heterocycles. The molecular formula is C18H26N6O. The van der Waals surface area contributed by atoms with Crippen LogP contribution in [0.3, 0.4) is 0 Å². The summed E-state index contributed by atoms with van der Waals surface area (Å²) < 4.78 is 1.82. The van der Waals surface area contributed by atoms with Crippen molar-refractivity contribution in [3.8, 4) is 0 Å². The van der Waals surface area contributed by atoms with Crippen molar-refractivity contribution in [2.24, 2.45) is 7.05 Å². The third kappa shape index (κ3) is 4.22. The average Bonchev–Trinajstić information content (AvgIpc) is 3.21. The number of aryl methyl sites for hydroxylation is 2. The first-order valence-corrected chi connectivity index (χ1v) is 8.76. The molecule has 3 rings (SSSR count). The van der Waals surface area contributed by atoms with Crippen LogP contribution in [0.25, 0.3) is 0 Å². The lowest BCUT2D eigenvalue weighted by atomic mass is 10.1. The van der Waals surface area contributed by atoms with Crippen LogP contribution in [0, 0.1) is 0 Å². The standard InChI is InChI=1S/C18H26N6O/c1-22(2)13-14-11-19-12-16(21-14)17-5-4-10-24(17)18(25)7-6-15-8-9-20-23(15)3/h8-9,11-12,17H,4-7,10,13H2,1-3H3. The molecule has 0 radical (unpaired) electrons. The summed E-state index contributed by atoms with van der Waals surface area (Å²) in [6.07, 6.45) is 8.55. The Bertz CT molecular complexity index is 726. The monoisotopic (exact) mass is 342 g/mol. The maximum absolute atomic E-state index is 12.7. The van der Waals surface area contributed by atoms with Crippen molar-refractivity contribution >= 4 is 5.91 Å². The van der Waals surface area contributed by atoms with Gasteiger partial charge in [0.1, 0.15) is 0 Å². The summed E-state index contributed by atoms with van der Waals surface area (Å²) in [5.41, 5.74) is 2.93. The molecule has 1 aliphatic rings. The van der Waals surface area contributed by atoms with Gasteiger partial charge in [0.25, 0.3) is 0 Å². The number of aromatic nitrogens is 4. The van der Waals surface area contributed by atoms with Gasteiger partial charge in [-0.2, -0.15) is 5.10 Å². The van der Waals surface area contributed by atoms with E-state index in [-0.39, 0.29) is 11.9 Å². The number of amides is 1. The maximum Gasteiger partial charge on any atom is 0.223 e. The van der Waals surface area contributed by atoms with Crippen molar-refractivity contribution in [3.05, 3.63) is 41.7 Å². The summed E-state index contributed by atoms with van der Waals surface area (Å²) in [4.78, 5) is 25.9. The molecule has 0 spiro atoms. The largest absolute Gasteiger partial charge is 0.334 e. The molecule has 25 heavy (non-hydrogen) atoms. The number of carbonyl (C=O) groups is 1. The van der Waals surface area contributed by atoms with Crippen molar-refractivity contribution in [1.82, 2.24) is 29.5 Å². The Hall–Kier alpha value is -2.28. The predicted molar refractivity (Wildman–Crippen MR) is 94.6 cm³/mol. The van der Waals surface area contributed by atoms with E-state index in [0.717, 1.165) is 43.0 Å². The van der Waals surface area contributed by atoms with Crippen LogP contribution in [0.4, 0.5) is 0 Å². The Morgan fingerprint density at radius 3 is 2.92 bits per heavy atom. The van der Waals surface area contributed by atoms with Gasteiger partial charge in [0.15, 0.2) is 0 Å². The van der Waals surface area contributed by atoms with Crippen LogP contribution < -0.4 is 0 Å². The highest BCUT2D eigenvalue weighted by Gasteiger charge is 2.31. The van der Waals surface area contributed by atoms with Crippen LogP contribution in [-0.2, 0) is 24.8 Å². The minimum atomic E-state index is 0.0497. The average molecular weight is 342 g/mol. The number of hydrogen-bond acceptors (Lipinski definition) is 5. The van der Waals surface area contributed by atoms with Gasteiger partial charge in [-0.15, -0.1) is 0 Å². The summed E-state index contributed by atoms with van der Waals surface area (Å²) >= 11 is 0. The quantitative estimate of drug-likeness (QED) is 0.797. The Morgan fingerprint density at radius 1 is 1.36 bits per heavy atom. The van der Waals surface area contributed by atoms with Crippen molar-refractivity contribution in [1.29, 1.82) is 0 Å². The van der Waals surface area contributed by atoms with Gasteiger partial charge in [-0.25, -0.2) is 0 Å². The van der Waals surface area contributed by atoms with Crippen molar-refractivity contribution in [2.75, 3.05) is 20.6 Å². The first-order valence-electron chi connectivity index (χ1n) is 8.76. The number of hydrogen-bond donors (Lipinski definition) is 0. The maximum atomic E-state index is 12.7. The molecule has 134 valence electrons. The lowest BCUT2D eigenvalue weighted by Crippen LogP contribution is -2.31. The van der Waals surface area contributed by atoms with Crippen LogP contribution in [0.2, 0.25) is 0 Å². The molecule has 0 bridgehead atoms. The predicted octanol–water partition coefficient (Wildman–Crippen LogP) is 1.57. The number of likely N-dealkylation sites (tertiary alicyclic amines) is 1. The summed E-state index contributed by atoms with van der Waals surface area (Å²) in [6.45, 7) is 1.55.